The highest BCUT2D eigenvalue weighted by Gasteiger charge is 2.19. The summed E-state index contributed by atoms with van der Waals surface area (Å²) < 4.78 is 13.0. The highest BCUT2D eigenvalue weighted by Crippen LogP contribution is 2.24. The minimum absolute atomic E-state index is 0.0843. The topological polar surface area (TPSA) is 98.6 Å². The van der Waals surface area contributed by atoms with Crippen molar-refractivity contribution in [1.29, 1.82) is 5.26 Å². The Morgan fingerprint density at radius 2 is 1.89 bits per heavy atom. The van der Waals surface area contributed by atoms with Gasteiger partial charge in [-0.25, -0.2) is 9.37 Å². The fourth-order valence-electron chi connectivity index (χ4n) is 2.42. The summed E-state index contributed by atoms with van der Waals surface area (Å²) in [5.41, 5.74) is 0.713. The van der Waals surface area contributed by atoms with E-state index in [1.807, 2.05) is 12.1 Å². The van der Waals surface area contributed by atoms with E-state index in [-0.39, 0.29) is 22.3 Å². The van der Waals surface area contributed by atoms with Gasteiger partial charge in [0.1, 0.15) is 17.4 Å². The predicted octanol–water partition coefficient (Wildman–Crippen LogP) is 3.57. The molecule has 0 saturated carbocycles. The highest BCUT2D eigenvalue weighted by molar-refractivity contribution is 8.00. The molecule has 0 saturated heterocycles. The van der Waals surface area contributed by atoms with Crippen molar-refractivity contribution in [3.8, 4) is 17.3 Å². The smallest absolute Gasteiger partial charge is 0.270 e. The van der Waals surface area contributed by atoms with E-state index in [0.717, 1.165) is 11.8 Å². The van der Waals surface area contributed by atoms with E-state index in [1.165, 1.54) is 24.3 Å². The normalized spacial score (nSPS) is 11.5. The third-order valence-corrected chi connectivity index (χ3v) is 4.81. The zero-order chi connectivity index (χ0) is 20.1. The van der Waals surface area contributed by atoms with E-state index in [2.05, 4.69) is 15.3 Å². The second-order valence-electron chi connectivity index (χ2n) is 5.83. The minimum Gasteiger partial charge on any atom is -0.325 e. The average molecular weight is 394 g/mol. The van der Waals surface area contributed by atoms with Gasteiger partial charge < -0.3 is 10.3 Å². The average Bonchev–Trinajstić information content (AvgIpc) is 2.70. The van der Waals surface area contributed by atoms with Crippen LogP contribution in [0.4, 0.5) is 10.1 Å². The number of benzene rings is 2. The van der Waals surface area contributed by atoms with E-state index >= 15 is 0 Å². The summed E-state index contributed by atoms with van der Waals surface area (Å²) in [7, 11) is 0. The van der Waals surface area contributed by atoms with Gasteiger partial charge in [-0.3, -0.25) is 9.59 Å². The van der Waals surface area contributed by atoms with Crippen LogP contribution in [-0.4, -0.2) is 21.1 Å². The zero-order valence-electron chi connectivity index (χ0n) is 14.8. The highest BCUT2D eigenvalue weighted by atomic mass is 32.2. The number of aromatic nitrogens is 2. The number of anilines is 1. The molecule has 3 aromatic rings. The molecule has 0 fully saturated rings. The molecule has 28 heavy (non-hydrogen) atoms. The number of aromatic amines is 1. The number of hydrogen-bond donors (Lipinski definition) is 2. The summed E-state index contributed by atoms with van der Waals surface area (Å²) >= 11 is 1.05. The molecule has 6 nitrogen and oxygen atoms in total. The summed E-state index contributed by atoms with van der Waals surface area (Å²) in [4.78, 5) is 31.5. The molecule has 0 aliphatic heterocycles. The van der Waals surface area contributed by atoms with Crippen molar-refractivity contribution < 1.29 is 9.18 Å². The second kappa shape index (κ2) is 8.50. The van der Waals surface area contributed by atoms with Crippen molar-refractivity contribution in [3.05, 3.63) is 76.3 Å². The first kappa shape index (κ1) is 19.3. The number of carbonyl (C=O) groups is 1. The van der Waals surface area contributed by atoms with E-state index in [1.54, 1.807) is 31.2 Å². The molecule has 0 spiro atoms. The van der Waals surface area contributed by atoms with Gasteiger partial charge in [0.2, 0.25) is 5.91 Å². The lowest BCUT2D eigenvalue weighted by Crippen LogP contribution is -2.23. The summed E-state index contributed by atoms with van der Waals surface area (Å²) in [6.07, 6.45) is 0. The molecular formula is C20H15FN4O2S. The molecule has 2 N–H and O–H groups in total. The van der Waals surface area contributed by atoms with Crippen molar-refractivity contribution in [2.45, 2.75) is 17.3 Å². The number of nitrogens with one attached hydrogen (secondary N) is 2. The maximum absolute atomic E-state index is 13.0. The Morgan fingerprint density at radius 1 is 1.21 bits per heavy atom. The van der Waals surface area contributed by atoms with Crippen molar-refractivity contribution in [1.82, 2.24) is 9.97 Å². The van der Waals surface area contributed by atoms with Crippen LogP contribution in [0, 0.1) is 17.1 Å². The van der Waals surface area contributed by atoms with Gasteiger partial charge in [-0.2, -0.15) is 5.26 Å². The van der Waals surface area contributed by atoms with Crippen molar-refractivity contribution in [2.75, 3.05) is 5.32 Å². The summed E-state index contributed by atoms with van der Waals surface area (Å²) in [5.74, 6) is -0.724. The number of rotatable bonds is 5. The van der Waals surface area contributed by atoms with Crippen LogP contribution < -0.4 is 10.9 Å². The molecule has 0 aliphatic rings. The fourth-order valence-corrected chi connectivity index (χ4v) is 3.21. The Morgan fingerprint density at radius 3 is 2.54 bits per heavy atom. The van der Waals surface area contributed by atoms with Gasteiger partial charge in [0.25, 0.3) is 5.56 Å². The molecule has 2 aromatic carbocycles. The SMILES string of the molecule is C[C@H](Sc1nc(-c2ccccc2)c(C#N)c(=O)[nH]1)C(=O)Nc1ccc(F)cc1. The lowest BCUT2D eigenvalue weighted by atomic mass is 10.1. The number of H-pyrrole nitrogens is 1. The maximum atomic E-state index is 13.0. The molecule has 1 heterocycles. The lowest BCUT2D eigenvalue weighted by molar-refractivity contribution is -0.115. The van der Waals surface area contributed by atoms with Crippen LogP contribution in [0.2, 0.25) is 0 Å². The van der Waals surface area contributed by atoms with E-state index < -0.39 is 16.6 Å². The first-order valence-electron chi connectivity index (χ1n) is 8.31. The molecule has 8 heteroatoms. The minimum atomic E-state index is -0.593. The van der Waals surface area contributed by atoms with Crippen molar-refractivity contribution in [3.63, 3.8) is 0 Å². The molecule has 0 unspecified atom stereocenters. The van der Waals surface area contributed by atoms with Gasteiger partial charge in [-0.15, -0.1) is 0 Å². The maximum Gasteiger partial charge on any atom is 0.270 e. The van der Waals surface area contributed by atoms with E-state index in [0.29, 0.717) is 11.3 Å². The number of nitriles is 1. The Bertz CT molecular complexity index is 1090. The monoisotopic (exact) mass is 394 g/mol. The fraction of sp³-hybridized carbons (Fsp3) is 0.100. The standard InChI is InChI=1S/C20H15FN4O2S/c1-12(18(26)23-15-9-7-14(21)8-10-15)28-20-24-17(13-5-3-2-4-6-13)16(11-22)19(27)25-20/h2-10,12H,1H3,(H,23,26)(H,24,25,27)/t12-/m0/s1. The lowest BCUT2D eigenvalue weighted by Gasteiger charge is -2.12. The van der Waals surface area contributed by atoms with Gasteiger partial charge >= 0.3 is 0 Å². The van der Waals surface area contributed by atoms with Gasteiger partial charge in [0, 0.05) is 11.3 Å². The largest absolute Gasteiger partial charge is 0.325 e. The number of nitrogens with zero attached hydrogens (tertiary/aromatic N) is 2. The number of hydrogen-bond acceptors (Lipinski definition) is 5. The summed E-state index contributed by atoms with van der Waals surface area (Å²) in [6, 6.07) is 16.2. The van der Waals surface area contributed by atoms with E-state index in [4.69, 9.17) is 0 Å². The van der Waals surface area contributed by atoms with Crippen LogP contribution in [0.15, 0.2) is 64.5 Å². The molecule has 0 radical (unpaired) electrons. The molecule has 3 rings (SSSR count). The van der Waals surface area contributed by atoms with Crippen LogP contribution in [0.25, 0.3) is 11.3 Å². The van der Waals surface area contributed by atoms with Crippen LogP contribution in [0.5, 0.6) is 0 Å². The van der Waals surface area contributed by atoms with Crippen molar-refractivity contribution >= 4 is 23.4 Å². The Hall–Kier alpha value is -3.44. The molecule has 140 valence electrons. The Labute approximate surface area is 164 Å². The summed E-state index contributed by atoms with van der Waals surface area (Å²) in [5, 5.41) is 11.6. The number of halogens is 1. The Kier molecular flexibility index (Phi) is 5.87. The van der Waals surface area contributed by atoms with Crippen LogP contribution in [0.1, 0.15) is 12.5 Å². The number of thioether (sulfide) groups is 1. The zero-order valence-corrected chi connectivity index (χ0v) is 15.6. The molecular weight excluding hydrogens is 379 g/mol. The third kappa shape index (κ3) is 4.45. The first-order valence-corrected chi connectivity index (χ1v) is 9.19. The third-order valence-electron chi connectivity index (χ3n) is 3.83. The van der Waals surface area contributed by atoms with Crippen LogP contribution >= 0.6 is 11.8 Å². The molecule has 1 aromatic heterocycles. The van der Waals surface area contributed by atoms with Crippen LogP contribution in [0.3, 0.4) is 0 Å². The van der Waals surface area contributed by atoms with E-state index in [9.17, 15) is 19.2 Å². The molecule has 1 amide bonds. The van der Waals surface area contributed by atoms with Crippen molar-refractivity contribution in [2.24, 2.45) is 0 Å². The molecule has 0 bridgehead atoms. The second-order valence-corrected chi connectivity index (χ2v) is 7.16. The van der Waals surface area contributed by atoms with Gasteiger partial charge in [-0.1, -0.05) is 42.1 Å². The van der Waals surface area contributed by atoms with Crippen LogP contribution in [-0.2, 0) is 4.79 Å². The van der Waals surface area contributed by atoms with Gasteiger partial charge in [0.05, 0.1) is 10.9 Å². The quantitative estimate of drug-likeness (QED) is 0.509. The number of carbonyl (C=O) groups excluding carboxylic acids is 1. The molecule has 0 aliphatic carbocycles. The number of amides is 1. The molecule has 1 atom stereocenters. The van der Waals surface area contributed by atoms with Gasteiger partial charge in [0.15, 0.2) is 5.16 Å². The Balaban J connectivity index is 1.83. The summed E-state index contributed by atoms with van der Waals surface area (Å²) in [6.45, 7) is 1.66. The first-order chi connectivity index (χ1) is 13.5. The van der Waals surface area contributed by atoms with Gasteiger partial charge in [-0.05, 0) is 31.2 Å². The predicted molar refractivity (Wildman–Crippen MR) is 105 cm³/mol.